The van der Waals surface area contributed by atoms with Gasteiger partial charge in [0.05, 0.1) is 35.0 Å². The molecule has 2 aliphatic heterocycles. The molecule has 0 saturated heterocycles. The molecule has 3 aromatic rings. The second-order valence-corrected chi connectivity index (χ2v) is 9.18. The molecule has 0 bridgehead atoms. The van der Waals surface area contributed by atoms with Gasteiger partial charge < -0.3 is 9.80 Å². The Morgan fingerprint density at radius 2 is 2.03 bits per heavy atom. The lowest BCUT2D eigenvalue weighted by Crippen LogP contribution is -2.44. The summed E-state index contributed by atoms with van der Waals surface area (Å²) in [5, 5.41) is 9.64. The van der Waals surface area contributed by atoms with Crippen molar-refractivity contribution >= 4 is 35.0 Å². The van der Waals surface area contributed by atoms with E-state index in [0.717, 1.165) is 16.8 Å². The maximum absolute atomic E-state index is 13.4. The minimum atomic E-state index is -0.142. The van der Waals surface area contributed by atoms with E-state index < -0.39 is 0 Å². The van der Waals surface area contributed by atoms with Crippen LogP contribution in [-0.2, 0) is 33.1 Å². The highest BCUT2D eigenvalue weighted by Crippen LogP contribution is 2.31. The predicted octanol–water partition coefficient (Wildman–Crippen LogP) is 3.17. The van der Waals surface area contributed by atoms with Gasteiger partial charge in [-0.1, -0.05) is 23.2 Å². The van der Waals surface area contributed by atoms with Crippen molar-refractivity contribution in [1.82, 2.24) is 29.4 Å². The van der Waals surface area contributed by atoms with E-state index in [-0.39, 0.29) is 17.9 Å². The Bertz CT molecular complexity index is 1230. The third-order valence-electron chi connectivity index (χ3n) is 6.11. The van der Waals surface area contributed by atoms with Crippen LogP contribution in [0.1, 0.15) is 44.6 Å². The molecule has 1 aromatic carbocycles. The highest BCUT2D eigenvalue weighted by molar-refractivity contribution is 6.42. The molecule has 1 atom stereocenters. The van der Waals surface area contributed by atoms with Gasteiger partial charge in [0.2, 0.25) is 0 Å². The van der Waals surface area contributed by atoms with Crippen LogP contribution in [-0.4, -0.2) is 53.8 Å². The fraction of sp³-hybridized carbons (Fsp3) is 0.364. The van der Waals surface area contributed by atoms with Gasteiger partial charge in [-0.3, -0.25) is 19.0 Å². The Morgan fingerprint density at radius 1 is 1.22 bits per heavy atom. The summed E-state index contributed by atoms with van der Waals surface area (Å²) in [6.07, 6.45) is 4.28. The number of amides is 2. The van der Waals surface area contributed by atoms with E-state index in [9.17, 15) is 9.59 Å². The Morgan fingerprint density at radius 3 is 2.75 bits per heavy atom. The lowest BCUT2D eigenvalue weighted by Gasteiger charge is -2.34. The molecule has 10 heteroatoms. The number of rotatable bonds is 3. The molecule has 0 fully saturated rings. The number of aromatic nitrogens is 4. The third-order valence-corrected chi connectivity index (χ3v) is 6.85. The van der Waals surface area contributed by atoms with Gasteiger partial charge in [0.1, 0.15) is 5.69 Å². The van der Waals surface area contributed by atoms with Gasteiger partial charge in [-0.05, 0) is 25.1 Å². The zero-order chi connectivity index (χ0) is 22.6. The summed E-state index contributed by atoms with van der Waals surface area (Å²) in [7, 11) is 1.85. The molecule has 2 aliphatic rings. The van der Waals surface area contributed by atoms with Crippen LogP contribution in [0.2, 0.25) is 10.0 Å². The predicted molar refractivity (Wildman–Crippen MR) is 120 cm³/mol. The molecule has 4 heterocycles. The number of aryl methyl sites for hydroxylation is 1. The number of carbonyl (C=O) groups is 2. The SMILES string of the molecule is C[C@@H]1Cc2nn3c(c2CN1C(=O)c1ccc(Cl)c(Cl)c1)C(=O)N(Cc1cnn(C)c1)CC3. The smallest absolute Gasteiger partial charge is 0.272 e. The second kappa shape index (κ2) is 7.94. The number of benzene rings is 1. The van der Waals surface area contributed by atoms with Gasteiger partial charge in [-0.15, -0.1) is 0 Å². The zero-order valence-electron chi connectivity index (χ0n) is 17.8. The van der Waals surface area contributed by atoms with Gasteiger partial charge in [0.25, 0.3) is 11.8 Å². The molecule has 0 radical (unpaired) electrons. The number of hydrogen-bond donors (Lipinski definition) is 0. The number of hydrogen-bond acceptors (Lipinski definition) is 4. The van der Waals surface area contributed by atoms with E-state index in [1.807, 2.05) is 25.1 Å². The molecule has 0 aliphatic carbocycles. The maximum atomic E-state index is 13.4. The van der Waals surface area contributed by atoms with Crippen molar-refractivity contribution in [2.45, 2.75) is 39.0 Å². The Hall–Kier alpha value is -2.84. The molecule has 32 heavy (non-hydrogen) atoms. The fourth-order valence-corrected chi connectivity index (χ4v) is 4.75. The Kier molecular flexibility index (Phi) is 5.22. The van der Waals surface area contributed by atoms with Crippen molar-refractivity contribution in [1.29, 1.82) is 0 Å². The lowest BCUT2D eigenvalue weighted by molar-refractivity contribution is 0.0637. The summed E-state index contributed by atoms with van der Waals surface area (Å²) < 4.78 is 3.52. The minimum Gasteiger partial charge on any atom is -0.331 e. The normalized spacial score (nSPS) is 18.0. The summed E-state index contributed by atoms with van der Waals surface area (Å²) in [5.41, 5.74) is 3.75. The molecular formula is C22H22Cl2N6O2. The first kappa shape index (κ1) is 21.0. The maximum Gasteiger partial charge on any atom is 0.272 e. The van der Waals surface area contributed by atoms with Gasteiger partial charge >= 0.3 is 0 Å². The Balaban J connectivity index is 1.43. The number of halogens is 2. The molecule has 2 amide bonds. The van der Waals surface area contributed by atoms with E-state index >= 15 is 0 Å². The standard InChI is InChI=1S/C22H22Cl2N6O2/c1-13-7-19-16(12-29(13)21(31)15-3-4-17(23)18(24)8-15)20-22(32)28(5-6-30(20)26-19)11-14-9-25-27(2)10-14/h3-4,8-10,13H,5-7,11-12H2,1-2H3/t13-/m1/s1. The van der Waals surface area contributed by atoms with Crippen molar-refractivity contribution < 1.29 is 9.59 Å². The van der Waals surface area contributed by atoms with Crippen LogP contribution in [0, 0.1) is 0 Å². The largest absolute Gasteiger partial charge is 0.331 e. The monoisotopic (exact) mass is 472 g/mol. The average molecular weight is 473 g/mol. The number of nitrogens with zero attached hydrogens (tertiary/aromatic N) is 6. The molecule has 2 aromatic heterocycles. The molecule has 0 N–H and O–H groups in total. The molecular weight excluding hydrogens is 451 g/mol. The minimum absolute atomic E-state index is 0.0528. The summed E-state index contributed by atoms with van der Waals surface area (Å²) in [5.74, 6) is -0.206. The van der Waals surface area contributed by atoms with Crippen LogP contribution in [0.15, 0.2) is 30.6 Å². The molecule has 5 rings (SSSR count). The summed E-state index contributed by atoms with van der Waals surface area (Å²) in [4.78, 5) is 30.2. The average Bonchev–Trinajstić information content (AvgIpc) is 3.33. The molecule has 0 saturated carbocycles. The van der Waals surface area contributed by atoms with Gasteiger partial charge in [-0.25, -0.2) is 0 Å². The number of carbonyl (C=O) groups excluding carboxylic acids is 2. The van der Waals surface area contributed by atoms with Crippen LogP contribution in [0.4, 0.5) is 0 Å². The molecule has 0 unspecified atom stereocenters. The van der Waals surface area contributed by atoms with Crippen molar-refractivity contribution in [2.24, 2.45) is 7.05 Å². The first-order valence-electron chi connectivity index (χ1n) is 10.4. The fourth-order valence-electron chi connectivity index (χ4n) is 4.45. The summed E-state index contributed by atoms with van der Waals surface area (Å²) in [6.45, 7) is 4.03. The van der Waals surface area contributed by atoms with Gasteiger partial charge in [0, 0.05) is 55.5 Å². The van der Waals surface area contributed by atoms with Crippen LogP contribution in [0.5, 0.6) is 0 Å². The quantitative estimate of drug-likeness (QED) is 0.586. The van der Waals surface area contributed by atoms with Crippen LogP contribution in [0.3, 0.4) is 0 Å². The van der Waals surface area contributed by atoms with E-state index in [1.54, 1.807) is 38.7 Å². The highest BCUT2D eigenvalue weighted by Gasteiger charge is 2.37. The lowest BCUT2D eigenvalue weighted by atomic mass is 9.97. The van der Waals surface area contributed by atoms with Crippen LogP contribution >= 0.6 is 23.2 Å². The van der Waals surface area contributed by atoms with Crippen LogP contribution in [0.25, 0.3) is 0 Å². The first-order valence-corrected chi connectivity index (χ1v) is 11.2. The van der Waals surface area contributed by atoms with E-state index in [4.69, 9.17) is 28.3 Å². The van der Waals surface area contributed by atoms with Gasteiger partial charge in [0.15, 0.2) is 0 Å². The van der Waals surface area contributed by atoms with E-state index in [0.29, 0.717) is 53.9 Å². The second-order valence-electron chi connectivity index (χ2n) is 8.36. The summed E-state index contributed by atoms with van der Waals surface area (Å²) >= 11 is 12.1. The topological polar surface area (TPSA) is 76.3 Å². The van der Waals surface area contributed by atoms with Crippen molar-refractivity contribution in [3.63, 3.8) is 0 Å². The zero-order valence-corrected chi connectivity index (χ0v) is 19.3. The summed E-state index contributed by atoms with van der Waals surface area (Å²) in [6, 6.07) is 4.83. The third kappa shape index (κ3) is 3.57. The van der Waals surface area contributed by atoms with E-state index in [1.165, 1.54) is 0 Å². The Labute approximate surface area is 195 Å². The first-order chi connectivity index (χ1) is 15.3. The molecule has 8 nitrogen and oxygen atoms in total. The van der Waals surface area contributed by atoms with E-state index in [2.05, 4.69) is 5.10 Å². The van der Waals surface area contributed by atoms with Crippen LogP contribution < -0.4 is 0 Å². The highest BCUT2D eigenvalue weighted by atomic mass is 35.5. The van der Waals surface area contributed by atoms with Crippen molar-refractivity contribution in [3.8, 4) is 0 Å². The molecule has 166 valence electrons. The van der Waals surface area contributed by atoms with Gasteiger partial charge in [-0.2, -0.15) is 10.2 Å². The van der Waals surface area contributed by atoms with Crippen molar-refractivity contribution in [3.05, 3.63) is 68.7 Å². The molecule has 0 spiro atoms. The van der Waals surface area contributed by atoms with Crippen molar-refractivity contribution in [2.75, 3.05) is 6.54 Å². The number of fused-ring (bicyclic) bond motifs is 3.